The molecule has 2 rings (SSSR count). The molecule has 0 bridgehead atoms. The highest BCUT2D eigenvalue weighted by molar-refractivity contribution is 5.88. The Labute approximate surface area is 71.7 Å². The molecule has 12 heavy (non-hydrogen) atoms. The van der Waals surface area contributed by atoms with Gasteiger partial charge in [-0.1, -0.05) is 31.2 Å². The van der Waals surface area contributed by atoms with Crippen LogP contribution in [-0.4, -0.2) is 6.29 Å². The molecule has 0 saturated heterocycles. The molecule has 0 spiro atoms. The van der Waals surface area contributed by atoms with Crippen LogP contribution >= 0.6 is 0 Å². The predicted octanol–water partition coefficient (Wildman–Crippen LogP) is 2.39. The molecule has 0 amide bonds. The summed E-state index contributed by atoms with van der Waals surface area (Å²) in [7, 11) is 0. The normalized spacial score (nSPS) is 20.1. The van der Waals surface area contributed by atoms with Crippen LogP contribution in [0.3, 0.4) is 0 Å². The summed E-state index contributed by atoms with van der Waals surface area (Å²) in [5.74, 6) is 0.277. The summed E-state index contributed by atoms with van der Waals surface area (Å²) in [6.07, 6.45) is 2.91. The van der Waals surface area contributed by atoms with Crippen LogP contribution in [0.2, 0.25) is 0 Å². The van der Waals surface area contributed by atoms with Crippen molar-refractivity contribution in [1.82, 2.24) is 0 Å². The second-order valence-corrected chi connectivity index (χ2v) is 3.11. The first-order valence-corrected chi connectivity index (χ1v) is 4.08. The lowest BCUT2D eigenvalue weighted by molar-refractivity contribution is -0.105. The molecular formula is C11H10O. The van der Waals surface area contributed by atoms with Crippen LogP contribution in [0.1, 0.15) is 24.0 Å². The van der Waals surface area contributed by atoms with Crippen LogP contribution in [0.25, 0.3) is 6.08 Å². The van der Waals surface area contributed by atoms with E-state index < -0.39 is 0 Å². The molecule has 0 aromatic heterocycles. The van der Waals surface area contributed by atoms with E-state index in [9.17, 15) is 4.79 Å². The monoisotopic (exact) mass is 158 g/mol. The number of allylic oxidation sites excluding steroid dienone is 1. The molecule has 1 nitrogen and oxygen atoms in total. The Balaban J connectivity index is 2.54. The van der Waals surface area contributed by atoms with Crippen LogP contribution in [0.4, 0.5) is 0 Å². The van der Waals surface area contributed by atoms with E-state index in [2.05, 4.69) is 13.0 Å². The van der Waals surface area contributed by atoms with E-state index in [0.717, 1.165) is 11.9 Å². The van der Waals surface area contributed by atoms with E-state index in [1.165, 1.54) is 11.1 Å². The average Bonchev–Trinajstić information content (AvgIpc) is 2.44. The van der Waals surface area contributed by atoms with Crippen LogP contribution in [0.5, 0.6) is 0 Å². The van der Waals surface area contributed by atoms with E-state index >= 15 is 0 Å². The van der Waals surface area contributed by atoms with Crippen molar-refractivity contribution >= 4 is 12.4 Å². The fraction of sp³-hybridized carbons (Fsp3) is 0.182. The van der Waals surface area contributed by atoms with Gasteiger partial charge >= 0.3 is 0 Å². The van der Waals surface area contributed by atoms with Crippen LogP contribution in [0, 0.1) is 0 Å². The van der Waals surface area contributed by atoms with Gasteiger partial charge < -0.3 is 0 Å². The van der Waals surface area contributed by atoms with Gasteiger partial charge in [0.05, 0.1) is 0 Å². The summed E-state index contributed by atoms with van der Waals surface area (Å²) in [5.41, 5.74) is 3.34. The van der Waals surface area contributed by atoms with Crippen molar-refractivity contribution in [3.63, 3.8) is 0 Å². The van der Waals surface area contributed by atoms with Crippen molar-refractivity contribution < 1.29 is 4.79 Å². The maximum absolute atomic E-state index is 10.6. The lowest BCUT2D eigenvalue weighted by Crippen LogP contribution is -1.93. The second-order valence-electron chi connectivity index (χ2n) is 3.11. The number of carbonyl (C=O) groups excluding carboxylic acids is 1. The molecule has 1 aliphatic rings. The van der Waals surface area contributed by atoms with Gasteiger partial charge in [-0.05, 0) is 22.8 Å². The number of hydrogen-bond donors (Lipinski definition) is 0. The van der Waals surface area contributed by atoms with Crippen molar-refractivity contribution in [3.8, 4) is 0 Å². The highest BCUT2D eigenvalue weighted by atomic mass is 16.1. The predicted molar refractivity (Wildman–Crippen MR) is 48.9 cm³/mol. The van der Waals surface area contributed by atoms with E-state index in [1.807, 2.05) is 24.3 Å². The molecule has 0 radical (unpaired) electrons. The molecule has 1 heteroatoms. The molecule has 1 aromatic carbocycles. The maximum Gasteiger partial charge on any atom is 0.146 e. The van der Waals surface area contributed by atoms with Crippen molar-refractivity contribution in [2.24, 2.45) is 0 Å². The van der Waals surface area contributed by atoms with E-state index in [0.29, 0.717) is 0 Å². The molecule has 0 fully saturated rings. The van der Waals surface area contributed by atoms with E-state index in [1.54, 1.807) is 0 Å². The number of hydrogen-bond acceptors (Lipinski definition) is 1. The van der Waals surface area contributed by atoms with Gasteiger partial charge in [-0.15, -0.1) is 0 Å². The highest BCUT2D eigenvalue weighted by Crippen LogP contribution is 2.34. The van der Waals surface area contributed by atoms with Gasteiger partial charge in [0, 0.05) is 5.92 Å². The highest BCUT2D eigenvalue weighted by Gasteiger charge is 2.19. The van der Waals surface area contributed by atoms with Gasteiger partial charge in [0.15, 0.2) is 0 Å². The number of carbonyl (C=O) groups is 1. The molecule has 1 aliphatic carbocycles. The Morgan fingerprint density at radius 2 is 2.08 bits per heavy atom. The van der Waals surface area contributed by atoms with Crippen molar-refractivity contribution in [3.05, 3.63) is 41.0 Å². The Hall–Kier alpha value is -1.37. The summed E-state index contributed by atoms with van der Waals surface area (Å²) in [6, 6.07) is 8.13. The van der Waals surface area contributed by atoms with E-state index in [-0.39, 0.29) is 5.92 Å². The Kier molecular flexibility index (Phi) is 1.58. The molecule has 0 heterocycles. The zero-order chi connectivity index (χ0) is 8.55. The minimum atomic E-state index is 0.277. The van der Waals surface area contributed by atoms with Gasteiger partial charge in [-0.3, -0.25) is 4.79 Å². The standard InChI is InChI=1S/C11H10O/c1-8-10(7-12)6-9-4-2-3-5-11(8)9/h2-8H,1H3. The fourth-order valence-corrected chi connectivity index (χ4v) is 1.66. The molecule has 0 saturated carbocycles. The van der Waals surface area contributed by atoms with Crippen molar-refractivity contribution in [2.75, 3.05) is 0 Å². The third kappa shape index (κ3) is 0.900. The first-order valence-electron chi connectivity index (χ1n) is 4.08. The van der Waals surface area contributed by atoms with Gasteiger partial charge in [0.2, 0.25) is 0 Å². The third-order valence-corrected chi connectivity index (χ3v) is 2.42. The number of rotatable bonds is 1. The first kappa shape index (κ1) is 7.29. The molecule has 1 unspecified atom stereocenters. The Bertz CT molecular complexity index is 350. The number of fused-ring (bicyclic) bond motifs is 1. The van der Waals surface area contributed by atoms with Crippen LogP contribution in [0.15, 0.2) is 29.8 Å². The fourth-order valence-electron chi connectivity index (χ4n) is 1.66. The van der Waals surface area contributed by atoms with E-state index in [4.69, 9.17) is 0 Å². The molecule has 0 aliphatic heterocycles. The van der Waals surface area contributed by atoms with Gasteiger partial charge in [0.25, 0.3) is 0 Å². The van der Waals surface area contributed by atoms with Crippen molar-refractivity contribution in [1.29, 1.82) is 0 Å². The first-order chi connectivity index (χ1) is 5.83. The average molecular weight is 158 g/mol. The summed E-state index contributed by atoms with van der Waals surface area (Å²) >= 11 is 0. The molecule has 60 valence electrons. The quantitative estimate of drug-likeness (QED) is 0.573. The maximum atomic E-state index is 10.6. The van der Waals surface area contributed by atoms with Crippen LogP contribution < -0.4 is 0 Å². The minimum absolute atomic E-state index is 0.277. The van der Waals surface area contributed by atoms with Gasteiger partial charge in [-0.25, -0.2) is 0 Å². The minimum Gasteiger partial charge on any atom is -0.298 e. The zero-order valence-electron chi connectivity index (χ0n) is 6.95. The Morgan fingerprint density at radius 3 is 2.75 bits per heavy atom. The zero-order valence-corrected chi connectivity index (χ0v) is 6.95. The number of aldehydes is 1. The Morgan fingerprint density at radius 1 is 1.33 bits per heavy atom. The summed E-state index contributed by atoms with van der Waals surface area (Å²) < 4.78 is 0. The second kappa shape index (κ2) is 2.59. The third-order valence-electron chi connectivity index (χ3n) is 2.42. The summed E-state index contributed by atoms with van der Waals surface area (Å²) in [5, 5.41) is 0. The SMILES string of the molecule is CC1C(C=O)=Cc2ccccc21. The smallest absolute Gasteiger partial charge is 0.146 e. The van der Waals surface area contributed by atoms with Gasteiger partial charge in [0.1, 0.15) is 6.29 Å². The molecule has 0 N–H and O–H groups in total. The van der Waals surface area contributed by atoms with Crippen LogP contribution in [-0.2, 0) is 4.79 Å². The lowest BCUT2D eigenvalue weighted by atomic mass is 9.99. The summed E-state index contributed by atoms with van der Waals surface area (Å²) in [4.78, 5) is 10.6. The largest absolute Gasteiger partial charge is 0.298 e. The van der Waals surface area contributed by atoms with Gasteiger partial charge in [-0.2, -0.15) is 0 Å². The van der Waals surface area contributed by atoms with Crippen molar-refractivity contribution in [2.45, 2.75) is 12.8 Å². The lowest BCUT2D eigenvalue weighted by Gasteiger charge is -2.04. The number of benzene rings is 1. The molecule has 1 atom stereocenters. The molecule has 1 aromatic rings. The molecular weight excluding hydrogens is 148 g/mol. The summed E-state index contributed by atoms with van der Waals surface area (Å²) in [6.45, 7) is 2.06. The topological polar surface area (TPSA) is 17.1 Å².